The van der Waals surface area contributed by atoms with Crippen LogP contribution >= 0.6 is 11.8 Å². The zero-order valence-corrected chi connectivity index (χ0v) is 17.6. The van der Waals surface area contributed by atoms with Crippen molar-refractivity contribution in [2.75, 3.05) is 0 Å². The van der Waals surface area contributed by atoms with Crippen LogP contribution < -0.4 is 10.5 Å². The van der Waals surface area contributed by atoms with Gasteiger partial charge < -0.3 is 9.15 Å². The molecule has 0 amide bonds. The van der Waals surface area contributed by atoms with E-state index in [1.54, 1.807) is 11.8 Å². The summed E-state index contributed by atoms with van der Waals surface area (Å²) in [7, 11) is 0. The van der Waals surface area contributed by atoms with Crippen LogP contribution in [0.2, 0.25) is 0 Å². The highest BCUT2D eigenvalue weighted by atomic mass is 32.2. The number of aromatic nitrogens is 2. The minimum absolute atomic E-state index is 0.0102. The third-order valence-electron chi connectivity index (χ3n) is 4.12. The number of hydrogen-bond donors (Lipinski definition) is 1. The number of benzene rings is 1. The Morgan fingerprint density at radius 2 is 1.88 bits per heavy atom. The summed E-state index contributed by atoms with van der Waals surface area (Å²) >= 11 is 1.58. The molecule has 0 bridgehead atoms. The standard InChI is InChI=1S/C20H30N2O3S/c1-8-17(26-12-16-21-22-18(23)25-16)24-15-11-13(19(2,3)4)9-10-14(15)20(5,6)7/h9-11,17H,8,12H2,1-7H3,(H,22,23). The number of ether oxygens (including phenoxy) is 1. The van der Waals surface area contributed by atoms with Gasteiger partial charge in [-0.25, -0.2) is 9.89 Å². The third-order valence-corrected chi connectivity index (χ3v) is 5.34. The number of H-pyrrole nitrogens is 1. The first-order chi connectivity index (χ1) is 12.0. The van der Waals surface area contributed by atoms with Crippen molar-refractivity contribution >= 4 is 11.8 Å². The molecule has 0 aliphatic rings. The predicted molar refractivity (Wildman–Crippen MR) is 107 cm³/mol. The molecule has 26 heavy (non-hydrogen) atoms. The van der Waals surface area contributed by atoms with Gasteiger partial charge in [0.25, 0.3) is 0 Å². The molecule has 0 saturated heterocycles. The molecule has 0 aliphatic heterocycles. The van der Waals surface area contributed by atoms with E-state index in [1.165, 1.54) is 11.1 Å². The monoisotopic (exact) mass is 378 g/mol. The number of hydrogen-bond acceptors (Lipinski definition) is 5. The Morgan fingerprint density at radius 3 is 2.38 bits per heavy atom. The van der Waals surface area contributed by atoms with Gasteiger partial charge in [-0.3, -0.25) is 0 Å². The minimum Gasteiger partial charge on any atom is -0.479 e. The van der Waals surface area contributed by atoms with Gasteiger partial charge >= 0.3 is 5.76 Å². The molecule has 0 radical (unpaired) electrons. The summed E-state index contributed by atoms with van der Waals surface area (Å²) in [4.78, 5) is 11.1. The molecular weight excluding hydrogens is 348 g/mol. The van der Waals surface area contributed by atoms with Crippen LogP contribution in [-0.2, 0) is 16.6 Å². The van der Waals surface area contributed by atoms with Gasteiger partial charge in [-0.1, -0.05) is 60.6 Å². The Hall–Kier alpha value is -1.69. The molecule has 1 aromatic heterocycles. The summed E-state index contributed by atoms with van der Waals surface area (Å²) in [6, 6.07) is 6.54. The molecule has 5 nitrogen and oxygen atoms in total. The van der Waals surface area contributed by atoms with E-state index in [0.29, 0.717) is 11.6 Å². The Kier molecular flexibility index (Phi) is 6.27. The second-order valence-corrected chi connectivity index (χ2v) is 9.63. The Balaban J connectivity index is 2.24. The van der Waals surface area contributed by atoms with Crippen LogP contribution in [0.4, 0.5) is 0 Å². The summed E-state index contributed by atoms with van der Waals surface area (Å²) in [5.41, 5.74) is 2.44. The van der Waals surface area contributed by atoms with Crippen LogP contribution in [0.15, 0.2) is 27.4 Å². The fourth-order valence-electron chi connectivity index (χ4n) is 2.57. The Labute approximate surface area is 159 Å². The second-order valence-electron chi connectivity index (χ2n) is 8.48. The van der Waals surface area contributed by atoms with Crippen LogP contribution in [-0.4, -0.2) is 15.6 Å². The van der Waals surface area contributed by atoms with Crippen molar-refractivity contribution in [3.8, 4) is 5.75 Å². The number of nitrogens with zero attached hydrogens (tertiary/aromatic N) is 1. The van der Waals surface area contributed by atoms with Gasteiger partial charge in [0, 0.05) is 0 Å². The van der Waals surface area contributed by atoms with Gasteiger partial charge in [0.05, 0.1) is 5.75 Å². The van der Waals surface area contributed by atoms with Crippen molar-refractivity contribution in [1.82, 2.24) is 10.2 Å². The Morgan fingerprint density at radius 1 is 1.19 bits per heavy atom. The minimum atomic E-state index is -0.525. The average Bonchev–Trinajstić information content (AvgIpc) is 2.94. The van der Waals surface area contributed by atoms with Gasteiger partial charge in [-0.15, -0.1) is 16.9 Å². The molecule has 1 heterocycles. The first kappa shape index (κ1) is 20.6. The van der Waals surface area contributed by atoms with E-state index in [2.05, 4.69) is 76.9 Å². The highest BCUT2D eigenvalue weighted by Crippen LogP contribution is 2.37. The Bertz CT molecular complexity index is 781. The molecular formula is C20H30N2O3S. The molecule has 1 aromatic carbocycles. The van der Waals surface area contributed by atoms with Crippen LogP contribution in [0.1, 0.15) is 71.9 Å². The van der Waals surface area contributed by atoms with Gasteiger partial charge in [0.1, 0.15) is 11.2 Å². The normalized spacial score (nSPS) is 13.7. The van der Waals surface area contributed by atoms with Crippen LogP contribution in [0.25, 0.3) is 0 Å². The number of nitrogens with one attached hydrogen (secondary N) is 1. The topological polar surface area (TPSA) is 68.1 Å². The maximum absolute atomic E-state index is 11.1. The van der Waals surface area contributed by atoms with Crippen molar-refractivity contribution < 1.29 is 9.15 Å². The van der Waals surface area contributed by atoms with Gasteiger partial charge in [0.2, 0.25) is 5.89 Å². The van der Waals surface area contributed by atoms with Crippen molar-refractivity contribution in [1.29, 1.82) is 0 Å². The number of rotatable bonds is 6. The van der Waals surface area contributed by atoms with Gasteiger partial charge in [0.15, 0.2) is 0 Å². The number of thioether (sulfide) groups is 1. The van der Waals surface area contributed by atoms with E-state index in [4.69, 9.17) is 9.15 Å². The van der Waals surface area contributed by atoms with Crippen molar-refractivity contribution in [2.45, 2.75) is 76.9 Å². The van der Waals surface area contributed by atoms with Crippen molar-refractivity contribution in [3.63, 3.8) is 0 Å². The smallest absolute Gasteiger partial charge is 0.434 e. The van der Waals surface area contributed by atoms with Crippen LogP contribution in [0.3, 0.4) is 0 Å². The second kappa shape index (κ2) is 7.91. The predicted octanol–water partition coefficient (Wildman–Crippen LogP) is 5.01. The van der Waals surface area contributed by atoms with Crippen LogP contribution in [0.5, 0.6) is 5.75 Å². The van der Waals surface area contributed by atoms with Gasteiger partial charge in [-0.05, 0) is 34.4 Å². The molecule has 0 aliphatic carbocycles. The SMILES string of the molecule is CCC(Oc1cc(C(C)(C)C)ccc1C(C)(C)C)SCc1n[nH]c(=O)o1. The molecule has 2 rings (SSSR count). The van der Waals surface area contributed by atoms with Crippen LogP contribution in [0, 0.1) is 0 Å². The zero-order chi connectivity index (χ0) is 19.5. The summed E-state index contributed by atoms with van der Waals surface area (Å²) in [5.74, 6) is 1.28. The molecule has 144 valence electrons. The zero-order valence-electron chi connectivity index (χ0n) is 16.8. The largest absolute Gasteiger partial charge is 0.479 e. The quantitative estimate of drug-likeness (QED) is 0.716. The summed E-state index contributed by atoms with van der Waals surface area (Å²) in [6.45, 7) is 15.3. The summed E-state index contributed by atoms with van der Waals surface area (Å²) < 4.78 is 11.4. The van der Waals surface area contributed by atoms with Crippen molar-refractivity contribution in [3.05, 3.63) is 45.8 Å². The maximum Gasteiger partial charge on any atom is 0.434 e. The highest BCUT2D eigenvalue weighted by molar-refractivity contribution is 7.99. The lowest BCUT2D eigenvalue weighted by molar-refractivity contribution is 0.275. The first-order valence-electron chi connectivity index (χ1n) is 8.98. The van der Waals surface area contributed by atoms with E-state index in [1.807, 2.05) is 0 Å². The van der Waals surface area contributed by atoms with Gasteiger partial charge in [-0.2, -0.15) is 0 Å². The molecule has 0 saturated carbocycles. The van der Waals surface area contributed by atoms with E-state index in [0.717, 1.165) is 12.2 Å². The summed E-state index contributed by atoms with van der Waals surface area (Å²) in [5, 5.41) is 6.14. The average molecular weight is 379 g/mol. The molecule has 6 heteroatoms. The molecule has 0 spiro atoms. The fourth-order valence-corrected chi connectivity index (χ4v) is 3.43. The lowest BCUT2D eigenvalue weighted by atomic mass is 9.81. The van der Waals surface area contributed by atoms with E-state index in [-0.39, 0.29) is 16.3 Å². The lowest BCUT2D eigenvalue weighted by Gasteiger charge is -2.28. The maximum atomic E-state index is 11.1. The first-order valence-corrected chi connectivity index (χ1v) is 10.0. The highest BCUT2D eigenvalue weighted by Gasteiger charge is 2.24. The van der Waals surface area contributed by atoms with E-state index < -0.39 is 5.76 Å². The molecule has 2 aromatic rings. The van der Waals surface area contributed by atoms with Crippen molar-refractivity contribution in [2.24, 2.45) is 0 Å². The summed E-state index contributed by atoms with van der Waals surface area (Å²) in [6.07, 6.45) is 0.836. The molecule has 1 unspecified atom stereocenters. The molecule has 0 fully saturated rings. The van der Waals surface area contributed by atoms with E-state index >= 15 is 0 Å². The third kappa shape index (κ3) is 5.40. The fraction of sp³-hybridized carbons (Fsp3) is 0.600. The number of aromatic amines is 1. The molecule has 1 N–H and O–H groups in total. The molecule has 1 atom stereocenters. The lowest BCUT2D eigenvalue weighted by Crippen LogP contribution is -2.19. The van der Waals surface area contributed by atoms with E-state index in [9.17, 15) is 4.79 Å².